The van der Waals surface area contributed by atoms with Crippen LogP contribution in [0.15, 0.2) is 18.2 Å². The number of ether oxygens (including phenoxy) is 1. The molecule has 0 bridgehead atoms. The lowest BCUT2D eigenvalue weighted by Crippen LogP contribution is -2.35. The zero-order chi connectivity index (χ0) is 13.0. The highest BCUT2D eigenvalue weighted by atomic mass is 35.5. The summed E-state index contributed by atoms with van der Waals surface area (Å²) in [6.45, 7) is 1.81. The Kier molecular flexibility index (Phi) is 4.72. The predicted molar refractivity (Wildman–Crippen MR) is 72.1 cm³/mol. The maximum atomic E-state index is 11.8. The van der Waals surface area contributed by atoms with Gasteiger partial charge in [0.25, 0.3) is 0 Å². The fourth-order valence-corrected chi connectivity index (χ4v) is 2.26. The van der Waals surface area contributed by atoms with Crippen LogP contribution in [0.4, 0.5) is 4.79 Å². The zero-order valence-electron chi connectivity index (χ0n) is 9.99. The number of carbonyl (C=O) groups is 1. The number of piperidine rings is 1. The van der Waals surface area contributed by atoms with Gasteiger partial charge in [-0.25, -0.2) is 4.79 Å². The number of hydrogen-bond donors (Lipinski definition) is 0. The van der Waals surface area contributed by atoms with Crippen LogP contribution in [0, 0.1) is 0 Å². The molecular weight excluding hydrogens is 273 g/mol. The van der Waals surface area contributed by atoms with Gasteiger partial charge in [0.1, 0.15) is 6.61 Å². The van der Waals surface area contributed by atoms with Crippen LogP contribution in [-0.2, 0) is 11.3 Å². The summed E-state index contributed by atoms with van der Waals surface area (Å²) in [5.41, 5.74) is 0.842. The minimum Gasteiger partial charge on any atom is -0.445 e. The molecule has 3 nitrogen and oxygen atoms in total. The van der Waals surface area contributed by atoms with Gasteiger partial charge in [0.15, 0.2) is 0 Å². The largest absolute Gasteiger partial charge is 0.445 e. The molecule has 98 valence electrons. The molecule has 0 saturated carbocycles. The van der Waals surface area contributed by atoms with E-state index in [1.165, 1.54) is 6.42 Å². The van der Waals surface area contributed by atoms with Crippen LogP contribution >= 0.6 is 23.2 Å². The van der Waals surface area contributed by atoms with Crippen LogP contribution in [0.5, 0.6) is 0 Å². The van der Waals surface area contributed by atoms with E-state index in [4.69, 9.17) is 27.9 Å². The second-order valence-corrected chi connectivity index (χ2v) is 5.17. The van der Waals surface area contributed by atoms with E-state index in [0.717, 1.165) is 31.5 Å². The first-order chi connectivity index (χ1) is 8.66. The van der Waals surface area contributed by atoms with Crippen LogP contribution in [0.1, 0.15) is 24.8 Å². The van der Waals surface area contributed by atoms with Crippen LogP contribution in [0.25, 0.3) is 0 Å². The minimum atomic E-state index is -0.249. The summed E-state index contributed by atoms with van der Waals surface area (Å²) in [7, 11) is 0. The van der Waals surface area contributed by atoms with Crippen molar-refractivity contribution in [3.8, 4) is 0 Å². The number of amides is 1. The molecule has 1 amide bonds. The maximum Gasteiger partial charge on any atom is 0.410 e. The van der Waals surface area contributed by atoms with E-state index >= 15 is 0 Å². The fraction of sp³-hybridized carbons (Fsp3) is 0.462. The number of rotatable bonds is 2. The van der Waals surface area contributed by atoms with E-state index < -0.39 is 0 Å². The molecule has 5 heteroatoms. The van der Waals surface area contributed by atoms with Gasteiger partial charge in [-0.1, -0.05) is 29.3 Å². The Bertz CT molecular complexity index is 431. The summed E-state index contributed by atoms with van der Waals surface area (Å²) in [5.74, 6) is 0. The van der Waals surface area contributed by atoms with Crippen molar-refractivity contribution in [1.82, 2.24) is 4.90 Å². The van der Waals surface area contributed by atoms with Crippen molar-refractivity contribution in [3.63, 3.8) is 0 Å². The molecule has 1 aromatic carbocycles. The molecule has 1 aliphatic rings. The van der Waals surface area contributed by atoms with Crippen LogP contribution in [-0.4, -0.2) is 24.1 Å². The summed E-state index contributed by atoms with van der Waals surface area (Å²) in [6, 6.07) is 5.22. The first-order valence-corrected chi connectivity index (χ1v) is 6.78. The van der Waals surface area contributed by atoms with Crippen LogP contribution < -0.4 is 0 Å². The van der Waals surface area contributed by atoms with Gasteiger partial charge in [-0.15, -0.1) is 0 Å². The summed E-state index contributed by atoms with van der Waals surface area (Å²) in [5, 5.41) is 0.978. The maximum absolute atomic E-state index is 11.8. The monoisotopic (exact) mass is 287 g/mol. The van der Waals surface area contributed by atoms with E-state index in [1.54, 1.807) is 23.1 Å². The normalized spacial score (nSPS) is 15.6. The Morgan fingerprint density at radius 3 is 2.56 bits per heavy atom. The highest BCUT2D eigenvalue weighted by Gasteiger charge is 2.17. The van der Waals surface area contributed by atoms with E-state index in [9.17, 15) is 4.79 Å². The number of nitrogens with zero attached hydrogens (tertiary/aromatic N) is 1. The molecule has 1 aromatic rings. The van der Waals surface area contributed by atoms with Crippen molar-refractivity contribution in [2.45, 2.75) is 25.9 Å². The van der Waals surface area contributed by atoms with Gasteiger partial charge in [-0.2, -0.15) is 0 Å². The van der Waals surface area contributed by atoms with Crippen molar-refractivity contribution < 1.29 is 9.53 Å². The highest BCUT2D eigenvalue weighted by molar-refractivity contribution is 6.42. The topological polar surface area (TPSA) is 29.5 Å². The number of benzene rings is 1. The van der Waals surface area contributed by atoms with Crippen LogP contribution in [0.3, 0.4) is 0 Å². The van der Waals surface area contributed by atoms with Gasteiger partial charge in [0, 0.05) is 13.1 Å². The van der Waals surface area contributed by atoms with E-state index in [2.05, 4.69) is 0 Å². The predicted octanol–water partition coefficient (Wildman–Crippen LogP) is 4.12. The molecule has 18 heavy (non-hydrogen) atoms. The summed E-state index contributed by atoms with van der Waals surface area (Å²) < 4.78 is 5.25. The lowest BCUT2D eigenvalue weighted by molar-refractivity contribution is 0.0894. The van der Waals surface area contributed by atoms with Crippen molar-refractivity contribution in [2.75, 3.05) is 13.1 Å². The summed E-state index contributed by atoms with van der Waals surface area (Å²) in [4.78, 5) is 13.5. The van der Waals surface area contributed by atoms with Gasteiger partial charge in [0.05, 0.1) is 10.0 Å². The quantitative estimate of drug-likeness (QED) is 0.819. The first kappa shape index (κ1) is 13.5. The van der Waals surface area contributed by atoms with Gasteiger partial charge in [-0.05, 0) is 37.0 Å². The number of hydrogen-bond acceptors (Lipinski definition) is 2. The molecule has 0 aliphatic carbocycles. The van der Waals surface area contributed by atoms with Crippen molar-refractivity contribution >= 4 is 29.3 Å². The Hall–Kier alpha value is -0.930. The van der Waals surface area contributed by atoms with Gasteiger partial charge in [-0.3, -0.25) is 0 Å². The van der Waals surface area contributed by atoms with E-state index in [1.807, 2.05) is 0 Å². The van der Waals surface area contributed by atoms with Gasteiger partial charge >= 0.3 is 6.09 Å². The molecule has 1 heterocycles. The van der Waals surface area contributed by atoms with Gasteiger partial charge < -0.3 is 9.64 Å². The summed E-state index contributed by atoms with van der Waals surface area (Å²) >= 11 is 11.7. The Labute approximate surface area is 117 Å². The van der Waals surface area contributed by atoms with E-state index in [-0.39, 0.29) is 12.7 Å². The second-order valence-electron chi connectivity index (χ2n) is 4.35. The first-order valence-electron chi connectivity index (χ1n) is 6.02. The Morgan fingerprint density at radius 2 is 1.89 bits per heavy atom. The number of likely N-dealkylation sites (tertiary alicyclic amines) is 1. The van der Waals surface area contributed by atoms with Crippen molar-refractivity contribution in [3.05, 3.63) is 33.8 Å². The van der Waals surface area contributed by atoms with Crippen molar-refractivity contribution in [2.24, 2.45) is 0 Å². The highest BCUT2D eigenvalue weighted by Crippen LogP contribution is 2.23. The molecule has 0 aromatic heterocycles. The summed E-state index contributed by atoms with van der Waals surface area (Å²) in [6.07, 6.45) is 3.06. The average Bonchev–Trinajstić information content (AvgIpc) is 2.41. The molecule has 0 radical (unpaired) electrons. The lowest BCUT2D eigenvalue weighted by atomic mass is 10.1. The lowest BCUT2D eigenvalue weighted by Gasteiger charge is -2.25. The third-order valence-corrected chi connectivity index (χ3v) is 3.70. The molecule has 0 unspecified atom stereocenters. The van der Waals surface area contributed by atoms with Gasteiger partial charge in [0.2, 0.25) is 0 Å². The standard InChI is InChI=1S/C13H15Cl2NO2/c14-11-5-4-10(8-12(11)15)9-18-13(17)16-6-2-1-3-7-16/h4-5,8H,1-3,6-7,9H2. The van der Waals surface area contributed by atoms with Crippen LogP contribution in [0.2, 0.25) is 10.0 Å². The minimum absolute atomic E-state index is 0.228. The Balaban J connectivity index is 1.86. The second kappa shape index (κ2) is 6.30. The number of carbonyl (C=O) groups excluding carboxylic acids is 1. The SMILES string of the molecule is O=C(OCc1ccc(Cl)c(Cl)c1)N1CCCCC1. The third-order valence-electron chi connectivity index (χ3n) is 2.96. The smallest absolute Gasteiger partial charge is 0.410 e. The molecule has 2 rings (SSSR count). The van der Waals surface area contributed by atoms with E-state index in [0.29, 0.717) is 10.0 Å². The fourth-order valence-electron chi connectivity index (χ4n) is 1.94. The zero-order valence-corrected chi connectivity index (χ0v) is 11.5. The molecule has 0 atom stereocenters. The molecular formula is C13H15Cl2NO2. The molecule has 0 N–H and O–H groups in total. The Morgan fingerprint density at radius 1 is 1.17 bits per heavy atom. The molecule has 0 spiro atoms. The third kappa shape index (κ3) is 3.53. The molecule has 1 fully saturated rings. The molecule has 1 aliphatic heterocycles. The van der Waals surface area contributed by atoms with Crippen molar-refractivity contribution in [1.29, 1.82) is 0 Å². The molecule has 1 saturated heterocycles. The number of halogens is 2. The average molecular weight is 288 g/mol.